The van der Waals surface area contributed by atoms with Crippen LogP contribution in [0.25, 0.3) is 0 Å². The first-order chi connectivity index (χ1) is 7.63. The molecule has 0 saturated carbocycles. The van der Waals surface area contributed by atoms with E-state index in [1.165, 1.54) is 5.56 Å². The van der Waals surface area contributed by atoms with Crippen LogP contribution in [0.1, 0.15) is 29.8 Å². The fraction of sp³-hybridized carbons (Fsp3) is 0.462. The summed E-state index contributed by atoms with van der Waals surface area (Å²) in [4.78, 5) is 15.1. The lowest BCUT2D eigenvalue weighted by Crippen LogP contribution is -2.30. The van der Waals surface area contributed by atoms with E-state index in [2.05, 4.69) is 6.07 Å². The van der Waals surface area contributed by atoms with Gasteiger partial charge >= 0.3 is 0 Å². The maximum absolute atomic E-state index is 12.2. The van der Waals surface area contributed by atoms with E-state index in [0.29, 0.717) is 0 Å². The van der Waals surface area contributed by atoms with E-state index < -0.39 is 0 Å². The number of aryl methyl sites for hydroxylation is 1. The molecule has 0 aliphatic heterocycles. The highest BCUT2D eigenvalue weighted by Crippen LogP contribution is 2.23. The summed E-state index contributed by atoms with van der Waals surface area (Å²) >= 11 is 1.63. The Kier molecular flexibility index (Phi) is 4.87. The number of hydrogen-bond acceptors (Lipinski definition) is 2. The summed E-state index contributed by atoms with van der Waals surface area (Å²) in [7, 11) is 0. The summed E-state index contributed by atoms with van der Waals surface area (Å²) in [6.45, 7) is 7.59. The smallest absolute Gasteiger partial charge is 0.254 e. The van der Waals surface area contributed by atoms with Crippen molar-refractivity contribution in [3.8, 4) is 0 Å². The standard InChI is InChI=1S/C13H19NOS/c1-5-14(6-2)13(15)11-8-7-10(3)9-12(11)16-4/h7-9H,5-6H2,1-4H3. The molecule has 0 unspecified atom stereocenters. The number of hydrogen-bond donors (Lipinski definition) is 0. The molecule has 0 aliphatic carbocycles. The average Bonchev–Trinajstić information content (AvgIpc) is 2.30. The first-order valence-electron chi connectivity index (χ1n) is 5.57. The minimum absolute atomic E-state index is 0.134. The normalized spacial score (nSPS) is 10.2. The van der Waals surface area contributed by atoms with Gasteiger partial charge in [-0.05, 0) is 44.7 Å². The average molecular weight is 237 g/mol. The van der Waals surface area contributed by atoms with E-state index in [-0.39, 0.29) is 5.91 Å². The van der Waals surface area contributed by atoms with E-state index >= 15 is 0 Å². The summed E-state index contributed by atoms with van der Waals surface area (Å²) in [5.74, 6) is 0.134. The Morgan fingerprint density at radius 2 is 1.94 bits per heavy atom. The van der Waals surface area contributed by atoms with Crippen LogP contribution in [0.2, 0.25) is 0 Å². The number of benzene rings is 1. The third kappa shape index (κ3) is 2.79. The molecule has 16 heavy (non-hydrogen) atoms. The van der Waals surface area contributed by atoms with Crippen LogP contribution in [0.4, 0.5) is 0 Å². The molecule has 0 radical (unpaired) electrons. The molecular formula is C13H19NOS. The first-order valence-corrected chi connectivity index (χ1v) is 6.80. The molecule has 0 heterocycles. The highest BCUT2D eigenvalue weighted by Gasteiger charge is 2.15. The Bertz CT molecular complexity index is 372. The second-order valence-electron chi connectivity index (χ2n) is 3.68. The number of thioether (sulfide) groups is 1. The Morgan fingerprint density at radius 1 is 1.31 bits per heavy atom. The largest absolute Gasteiger partial charge is 0.339 e. The minimum Gasteiger partial charge on any atom is -0.339 e. The molecule has 1 amide bonds. The monoisotopic (exact) mass is 237 g/mol. The highest BCUT2D eigenvalue weighted by atomic mass is 32.2. The predicted molar refractivity (Wildman–Crippen MR) is 70.2 cm³/mol. The third-order valence-corrected chi connectivity index (χ3v) is 3.42. The molecule has 0 aromatic heterocycles. The maximum Gasteiger partial charge on any atom is 0.254 e. The molecule has 0 fully saturated rings. The van der Waals surface area contributed by atoms with Crippen molar-refractivity contribution in [3.63, 3.8) is 0 Å². The van der Waals surface area contributed by atoms with Gasteiger partial charge in [0.25, 0.3) is 5.91 Å². The molecule has 0 N–H and O–H groups in total. The van der Waals surface area contributed by atoms with Crippen LogP contribution in [0.3, 0.4) is 0 Å². The third-order valence-electron chi connectivity index (χ3n) is 2.64. The van der Waals surface area contributed by atoms with Gasteiger partial charge in [-0.25, -0.2) is 0 Å². The second kappa shape index (κ2) is 5.94. The van der Waals surface area contributed by atoms with Crippen molar-refractivity contribution in [2.24, 2.45) is 0 Å². The second-order valence-corrected chi connectivity index (χ2v) is 4.53. The van der Waals surface area contributed by atoms with Crippen molar-refractivity contribution < 1.29 is 4.79 Å². The Morgan fingerprint density at radius 3 is 2.44 bits per heavy atom. The summed E-state index contributed by atoms with van der Waals surface area (Å²) in [6.07, 6.45) is 2.01. The number of amides is 1. The lowest BCUT2D eigenvalue weighted by Gasteiger charge is -2.20. The zero-order valence-corrected chi connectivity index (χ0v) is 11.2. The number of nitrogens with zero attached hydrogens (tertiary/aromatic N) is 1. The SMILES string of the molecule is CCN(CC)C(=O)c1ccc(C)cc1SC. The fourth-order valence-corrected chi connectivity index (χ4v) is 2.34. The van der Waals surface area contributed by atoms with Crippen molar-refractivity contribution in [2.45, 2.75) is 25.7 Å². The van der Waals surface area contributed by atoms with Gasteiger partial charge in [0.2, 0.25) is 0 Å². The molecule has 88 valence electrons. The summed E-state index contributed by atoms with van der Waals surface area (Å²) in [5.41, 5.74) is 2.02. The summed E-state index contributed by atoms with van der Waals surface area (Å²) in [5, 5.41) is 0. The zero-order valence-electron chi connectivity index (χ0n) is 10.4. The predicted octanol–water partition coefficient (Wildman–Crippen LogP) is 3.20. The van der Waals surface area contributed by atoms with Crippen molar-refractivity contribution in [1.29, 1.82) is 0 Å². The molecule has 1 rings (SSSR count). The topological polar surface area (TPSA) is 20.3 Å². The van der Waals surface area contributed by atoms with Crippen molar-refractivity contribution in [2.75, 3.05) is 19.3 Å². The van der Waals surface area contributed by atoms with Crippen LogP contribution < -0.4 is 0 Å². The number of rotatable bonds is 4. The summed E-state index contributed by atoms with van der Waals surface area (Å²) in [6, 6.07) is 6.00. The first kappa shape index (κ1) is 13.1. The van der Waals surface area contributed by atoms with E-state index in [9.17, 15) is 4.79 Å². The molecule has 1 aromatic carbocycles. The van der Waals surface area contributed by atoms with Crippen LogP contribution in [0, 0.1) is 6.92 Å². The Balaban J connectivity index is 3.07. The van der Waals surface area contributed by atoms with E-state index in [1.54, 1.807) is 11.8 Å². The van der Waals surface area contributed by atoms with Gasteiger partial charge in [0.15, 0.2) is 0 Å². The molecule has 0 aliphatic rings. The van der Waals surface area contributed by atoms with Crippen molar-refractivity contribution in [3.05, 3.63) is 29.3 Å². The molecule has 2 nitrogen and oxygen atoms in total. The van der Waals surface area contributed by atoms with E-state index in [4.69, 9.17) is 0 Å². The molecular weight excluding hydrogens is 218 g/mol. The van der Waals surface area contributed by atoms with E-state index in [1.807, 2.05) is 44.1 Å². The lowest BCUT2D eigenvalue weighted by molar-refractivity contribution is 0.0769. The van der Waals surface area contributed by atoms with Gasteiger partial charge in [-0.2, -0.15) is 0 Å². The van der Waals surface area contributed by atoms with Gasteiger partial charge in [0.1, 0.15) is 0 Å². The quantitative estimate of drug-likeness (QED) is 0.750. The van der Waals surface area contributed by atoms with E-state index in [0.717, 1.165) is 23.5 Å². The summed E-state index contributed by atoms with van der Waals surface area (Å²) < 4.78 is 0. The van der Waals surface area contributed by atoms with Crippen LogP contribution in [0.5, 0.6) is 0 Å². The van der Waals surface area contributed by atoms with Crippen LogP contribution >= 0.6 is 11.8 Å². The lowest BCUT2D eigenvalue weighted by atomic mass is 10.1. The van der Waals surface area contributed by atoms with Crippen molar-refractivity contribution in [1.82, 2.24) is 4.90 Å². The molecule has 1 aromatic rings. The minimum atomic E-state index is 0.134. The van der Waals surface area contributed by atoms with Gasteiger partial charge in [-0.3, -0.25) is 4.79 Å². The van der Waals surface area contributed by atoms with Gasteiger partial charge in [-0.1, -0.05) is 6.07 Å². The van der Waals surface area contributed by atoms with Gasteiger partial charge in [-0.15, -0.1) is 11.8 Å². The molecule has 0 saturated heterocycles. The van der Waals surface area contributed by atoms with Gasteiger partial charge in [0, 0.05) is 18.0 Å². The van der Waals surface area contributed by atoms with Gasteiger partial charge in [0.05, 0.1) is 5.56 Å². The van der Waals surface area contributed by atoms with Gasteiger partial charge < -0.3 is 4.90 Å². The molecule has 3 heteroatoms. The Labute approximate surface area is 102 Å². The number of carbonyl (C=O) groups excluding carboxylic acids is 1. The molecule has 0 spiro atoms. The number of carbonyl (C=O) groups is 1. The fourth-order valence-electron chi connectivity index (χ4n) is 1.66. The highest BCUT2D eigenvalue weighted by molar-refractivity contribution is 7.98. The van der Waals surface area contributed by atoms with Crippen LogP contribution in [0.15, 0.2) is 23.1 Å². The zero-order chi connectivity index (χ0) is 12.1. The maximum atomic E-state index is 12.2. The molecule has 0 bridgehead atoms. The molecule has 0 atom stereocenters. The Hall–Kier alpha value is -0.960. The van der Waals surface area contributed by atoms with Crippen molar-refractivity contribution >= 4 is 17.7 Å². The van der Waals surface area contributed by atoms with Crippen LogP contribution in [-0.2, 0) is 0 Å². The van der Waals surface area contributed by atoms with Crippen LogP contribution in [-0.4, -0.2) is 30.2 Å².